The number of aromatic nitrogens is 1. The molecule has 184 valence electrons. The van der Waals surface area contributed by atoms with Gasteiger partial charge in [-0.15, -0.1) is 10.2 Å². The first kappa shape index (κ1) is 24.6. The highest BCUT2D eigenvalue weighted by atomic mass is 35.5. The monoisotopic (exact) mass is 537 g/mol. The first-order valence-corrected chi connectivity index (χ1v) is 14.2. The summed E-state index contributed by atoms with van der Waals surface area (Å²) in [6, 6.07) is 23.7. The molecule has 1 saturated heterocycles. The minimum absolute atomic E-state index is 0.287. The molecule has 1 N–H and O–H groups in total. The Kier molecular flexibility index (Phi) is 7.43. The summed E-state index contributed by atoms with van der Waals surface area (Å²) in [6.07, 6.45) is 2.87. The van der Waals surface area contributed by atoms with E-state index in [1.165, 1.54) is 11.3 Å². The van der Waals surface area contributed by atoms with E-state index in [0.717, 1.165) is 30.5 Å². The molecule has 0 radical (unpaired) electrons. The molecule has 2 heterocycles. The zero-order valence-corrected chi connectivity index (χ0v) is 21.7. The Morgan fingerprint density at radius 2 is 1.56 bits per heavy atom. The SMILES string of the molecule is O=S(=O)(c1ccc(-c2nc(Nc3ccccc3)sc2N=Nc2ccc(Cl)cc2)cc1)N1CCCCC1. The van der Waals surface area contributed by atoms with E-state index in [1.807, 2.05) is 30.3 Å². The third kappa shape index (κ3) is 5.65. The van der Waals surface area contributed by atoms with Crippen molar-refractivity contribution in [2.45, 2.75) is 24.2 Å². The van der Waals surface area contributed by atoms with Crippen LogP contribution in [0.15, 0.2) is 94.0 Å². The van der Waals surface area contributed by atoms with Gasteiger partial charge in [0, 0.05) is 29.4 Å². The molecule has 0 atom stereocenters. The lowest BCUT2D eigenvalue weighted by Gasteiger charge is -2.25. The highest BCUT2D eigenvalue weighted by Crippen LogP contribution is 2.40. The van der Waals surface area contributed by atoms with Crippen LogP contribution in [0.2, 0.25) is 5.02 Å². The van der Waals surface area contributed by atoms with Gasteiger partial charge in [-0.1, -0.05) is 59.7 Å². The van der Waals surface area contributed by atoms with Gasteiger partial charge in [0.15, 0.2) is 10.1 Å². The van der Waals surface area contributed by atoms with E-state index in [4.69, 9.17) is 16.6 Å². The molecule has 0 amide bonds. The molecule has 0 unspecified atom stereocenters. The summed E-state index contributed by atoms with van der Waals surface area (Å²) in [4.78, 5) is 5.04. The van der Waals surface area contributed by atoms with E-state index < -0.39 is 10.0 Å². The molecular formula is C26H24ClN5O2S2. The minimum Gasteiger partial charge on any atom is -0.331 e. The van der Waals surface area contributed by atoms with Crippen LogP contribution >= 0.6 is 22.9 Å². The maximum absolute atomic E-state index is 13.1. The smallest absolute Gasteiger partial charge is 0.243 e. The van der Waals surface area contributed by atoms with Crippen LogP contribution in [-0.4, -0.2) is 30.8 Å². The number of hydrogen-bond acceptors (Lipinski definition) is 7. The summed E-state index contributed by atoms with van der Waals surface area (Å²) in [5.41, 5.74) is 2.95. The largest absolute Gasteiger partial charge is 0.331 e. The number of piperidine rings is 1. The Bertz CT molecular complexity index is 1450. The number of para-hydroxylation sites is 1. The molecular weight excluding hydrogens is 514 g/mol. The topological polar surface area (TPSA) is 87.0 Å². The average molecular weight is 538 g/mol. The van der Waals surface area contributed by atoms with Crippen LogP contribution in [0.1, 0.15) is 19.3 Å². The van der Waals surface area contributed by atoms with Gasteiger partial charge in [0.25, 0.3) is 0 Å². The normalized spacial score (nSPS) is 14.8. The third-order valence-corrected chi connectivity index (χ3v) is 8.82. The van der Waals surface area contributed by atoms with E-state index in [1.54, 1.807) is 52.8 Å². The van der Waals surface area contributed by atoms with E-state index in [-0.39, 0.29) is 4.90 Å². The number of azo groups is 1. The predicted molar refractivity (Wildman–Crippen MR) is 146 cm³/mol. The number of nitrogens with one attached hydrogen (secondary N) is 1. The number of nitrogens with zero attached hydrogens (tertiary/aromatic N) is 4. The van der Waals surface area contributed by atoms with Crippen molar-refractivity contribution in [2.24, 2.45) is 10.2 Å². The molecule has 36 heavy (non-hydrogen) atoms. The molecule has 5 rings (SSSR count). The van der Waals surface area contributed by atoms with Crippen LogP contribution < -0.4 is 5.32 Å². The number of anilines is 2. The van der Waals surface area contributed by atoms with Crippen LogP contribution in [0.3, 0.4) is 0 Å². The Morgan fingerprint density at radius 1 is 0.861 bits per heavy atom. The van der Waals surface area contributed by atoms with Gasteiger partial charge in [0.2, 0.25) is 10.0 Å². The molecule has 0 saturated carbocycles. The standard InChI is InChI=1S/C26H24ClN5O2S2/c27-20-11-13-22(14-12-20)30-31-25-24(29-26(35-25)28-21-7-3-1-4-8-21)19-9-15-23(16-10-19)36(33,34)32-17-5-2-6-18-32/h1,3-4,7-16H,2,5-6,17-18H2,(H,28,29). The van der Waals surface area contributed by atoms with Crippen molar-refractivity contribution in [1.82, 2.24) is 9.29 Å². The first-order chi connectivity index (χ1) is 17.5. The lowest BCUT2D eigenvalue weighted by Crippen LogP contribution is -2.35. The highest BCUT2D eigenvalue weighted by Gasteiger charge is 2.26. The minimum atomic E-state index is -3.51. The number of benzene rings is 3. The summed E-state index contributed by atoms with van der Waals surface area (Å²) in [7, 11) is -3.51. The van der Waals surface area contributed by atoms with Crippen molar-refractivity contribution in [3.8, 4) is 11.3 Å². The molecule has 0 aliphatic carbocycles. The fourth-order valence-electron chi connectivity index (χ4n) is 3.92. The summed E-state index contributed by atoms with van der Waals surface area (Å²) in [5.74, 6) is 0. The van der Waals surface area contributed by atoms with Crippen molar-refractivity contribution in [3.63, 3.8) is 0 Å². The zero-order valence-electron chi connectivity index (χ0n) is 19.3. The molecule has 0 bridgehead atoms. The lowest BCUT2D eigenvalue weighted by atomic mass is 10.2. The van der Waals surface area contributed by atoms with Gasteiger partial charge in [-0.05, 0) is 61.4 Å². The molecule has 4 aromatic rings. The van der Waals surface area contributed by atoms with Crippen molar-refractivity contribution < 1.29 is 8.42 Å². The Morgan fingerprint density at radius 3 is 2.25 bits per heavy atom. The van der Waals surface area contributed by atoms with Gasteiger partial charge < -0.3 is 5.32 Å². The molecule has 1 aliphatic rings. The quantitative estimate of drug-likeness (QED) is 0.244. The highest BCUT2D eigenvalue weighted by molar-refractivity contribution is 7.89. The van der Waals surface area contributed by atoms with Crippen molar-refractivity contribution in [1.29, 1.82) is 0 Å². The number of hydrogen-bond donors (Lipinski definition) is 1. The van der Waals surface area contributed by atoms with Crippen LogP contribution in [-0.2, 0) is 10.0 Å². The molecule has 0 spiro atoms. The Hall–Kier alpha value is -3.11. The number of thiazole rings is 1. The predicted octanol–water partition coefficient (Wildman–Crippen LogP) is 7.80. The third-order valence-electron chi connectivity index (χ3n) is 5.80. The van der Waals surface area contributed by atoms with E-state index in [9.17, 15) is 8.42 Å². The number of rotatable bonds is 7. The van der Waals surface area contributed by atoms with Gasteiger partial charge in [0.05, 0.1) is 10.6 Å². The fraction of sp³-hybridized carbons (Fsp3) is 0.192. The second-order valence-corrected chi connectivity index (χ2v) is 11.7. The van der Waals surface area contributed by atoms with Gasteiger partial charge in [-0.3, -0.25) is 0 Å². The summed E-state index contributed by atoms with van der Waals surface area (Å²) < 4.78 is 27.7. The van der Waals surface area contributed by atoms with Crippen LogP contribution in [0.25, 0.3) is 11.3 Å². The molecule has 1 aromatic heterocycles. The molecule has 1 fully saturated rings. The van der Waals surface area contributed by atoms with Crippen molar-refractivity contribution in [3.05, 3.63) is 83.9 Å². The van der Waals surface area contributed by atoms with E-state index in [2.05, 4.69) is 15.5 Å². The molecule has 10 heteroatoms. The van der Waals surface area contributed by atoms with Crippen LogP contribution in [0.4, 0.5) is 21.5 Å². The number of halogens is 1. The maximum Gasteiger partial charge on any atom is 0.243 e. The summed E-state index contributed by atoms with van der Waals surface area (Å²) in [6.45, 7) is 1.14. The van der Waals surface area contributed by atoms with Gasteiger partial charge >= 0.3 is 0 Å². The van der Waals surface area contributed by atoms with Gasteiger partial charge in [-0.25, -0.2) is 13.4 Å². The Balaban J connectivity index is 1.46. The molecule has 3 aromatic carbocycles. The van der Waals surface area contributed by atoms with E-state index >= 15 is 0 Å². The van der Waals surface area contributed by atoms with E-state index in [0.29, 0.717) is 39.6 Å². The number of sulfonamides is 1. The average Bonchev–Trinajstić information content (AvgIpc) is 3.32. The second-order valence-electron chi connectivity index (χ2n) is 8.33. The maximum atomic E-state index is 13.1. The lowest BCUT2D eigenvalue weighted by molar-refractivity contribution is 0.346. The van der Waals surface area contributed by atoms with Gasteiger partial charge in [-0.2, -0.15) is 4.31 Å². The fourth-order valence-corrected chi connectivity index (χ4v) is 6.39. The second kappa shape index (κ2) is 10.9. The van der Waals surface area contributed by atoms with Crippen LogP contribution in [0, 0.1) is 0 Å². The van der Waals surface area contributed by atoms with Crippen molar-refractivity contribution in [2.75, 3.05) is 18.4 Å². The zero-order chi connectivity index (χ0) is 25.0. The summed E-state index contributed by atoms with van der Waals surface area (Å²) in [5, 5.41) is 14.0. The summed E-state index contributed by atoms with van der Waals surface area (Å²) >= 11 is 7.34. The Labute approximate surface area is 219 Å². The van der Waals surface area contributed by atoms with Crippen LogP contribution in [0.5, 0.6) is 0 Å². The molecule has 1 aliphatic heterocycles. The molecule has 7 nitrogen and oxygen atoms in total. The van der Waals surface area contributed by atoms with Crippen molar-refractivity contribution >= 4 is 54.5 Å². The first-order valence-electron chi connectivity index (χ1n) is 11.6. The van der Waals surface area contributed by atoms with Gasteiger partial charge in [0.1, 0.15) is 5.69 Å².